The lowest BCUT2D eigenvalue weighted by Crippen LogP contribution is -2.30. The molecule has 2 N–H and O–H groups in total. The minimum Gasteiger partial charge on any atom is -0.550 e. The zero-order valence-electron chi connectivity index (χ0n) is 8.70. The van der Waals surface area contributed by atoms with E-state index in [1.165, 1.54) is 0 Å². The lowest BCUT2D eigenvalue weighted by molar-refractivity contribution is -0.683. The van der Waals surface area contributed by atoms with Crippen LogP contribution in [0.4, 0.5) is 0 Å². The molecule has 80 valence electrons. The highest BCUT2D eigenvalue weighted by Crippen LogP contribution is 2.00. The predicted molar refractivity (Wildman–Crippen MR) is 48.3 cm³/mol. The number of imidazole rings is 1. The van der Waals surface area contributed by atoms with E-state index in [-0.39, 0.29) is 0 Å². The first-order valence-corrected chi connectivity index (χ1v) is 4.41. The zero-order valence-corrected chi connectivity index (χ0v) is 8.70. The maximum atomic E-state index is 9.10. The molecule has 1 aromatic heterocycles. The fourth-order valence-electron chi connectivity index (χ4n) is 0.956. The Kier molecular flexibility index (Phi) is 5.36. The van der Waals surface area contributed by atoms with E-state index < -0.39 is 5.97 Å². The SMILES string of the molecule is CC(=O)[O-].CCCc1[nH]cc(O)[n+]1C. The standard InChI is InChI=1S/C7H12N2O.C2H4O2/c1-3-4-6-8-5-7(10)9(6)2;1-2(3)4/h5,10H,3-4H2,1-2H3;1H3,(H,3,4). The van der Waals surface area contributed by atoms with Crippen molar-refractivity contribution in [1.29, 1.82) is 0 Å². The number of rotatable bonds is 2. The Morgan fingerprint density at radius 2 is 2.21 bits per heavy atom. The molecule has 0 saturated heterocycles. The van der Waals surface area contributed by atoms with E-state index in [1.807, 2.05) is 7.05 Å². The summed E-state index contributed by atoms with van der Waals surface area (Å²) in [7, 11) is 1.84. The molecule has 1 heterocycles. The molecule has 5 nitrogen and oxygen atoms in total. The van der Waals surface area contributed by atoms with Gasteiger partial charge in [0.05, 0.1) is 7.05 Å². The number of carbonyl (C=O) groups is 1. The molecule has 0 atom stereocenters. The predicted octanol–water partition coefficient (Wildman–Crippen LogP) is -0.747. The van der Waals surface area contributed by atoms with E-state index in [9.17, 15) is 0 Å². The van der Waals surface area contributed by atoms with E-state index in [0.29, 0.717) is 5.88 Å². The second-order valence-corrected chi connectivity index (χ2v) is 2.89. The molecule has 0 unspecified atom stereocenters. The van der Waals surface area contributed by atoms with Gasteiger partial charge in [-0.05, 0) is 13.3 Å². The van der Waals surface area contributed by atoms with Gasteiger partial charge >= 0.3 is 5.88 Å². The monoisotopic (exact) mass is 200 g/mol. The summed E-state index contributed by atoms with van der Waals surface area (Å²) in [6, 6.07) is 0. The van der Waals surface area contributed by atoms with E-state index in [4.69, 9.17) is 15.0 Å². The third-order valence-electron chi connectivity index (χ3n) is 1.60. The zero-order chi connectivity index (χ0) is 11.1. The fourth-order valence-corrected chi connectivity index (χ4v) is 0.956. The number of hydrogen-bond donors (Lipinski definition) is 2. The first kappa shape index (κ1) is 12.5. The van der Waals surface area contributed by atoms with Crippen molar-refractivity contribution >= 4 is 5.97 Å². The van der Waals surface area contributed by atoms with E-state index in [0.717, 1.165) is 25.6 Å². The molecule has 0 amide bonds. The van der Waals surface area contributed by atoms with Crippen molar-refractivity contribution in [3.05, 3.63) is 12.0 Å². The number of carbonyl (C=O) groups excluding carboxylic acids is 1. The normalized spacial score (nSPS) is 9.07. The Balaban J connectivity index is 0.000000364. The van der Waals surface area contributed by atoms with Crippen LogP contribution in [0.25, 0.3) is 0 Å². The molecule has 0 spiro atoms. The Bertz CT molecular complexity index is 290. The molecule has 0 aromatic carbocycles. The van der Waals surface area contributed by atoms with Gasteiger partial charge in [0, 0.05) is 12.4 Å². The van der Waals surface area contributed by atoms with Gasteiger partial charge in [-0.1, -0.05) is 6.92 Å². The van der Waals surface area contributed by atoms with Gasteiger partial charge < -0.3 is 15.0 Å². The van der Waals surface area contributed by atoms with Gasteiger partial charge in [0.2, 0.25) is 0 Å². The first-order chi connectivity index (χ1) is 6.49. The molecule has 1 aromatic rings. The van der Waals surface area contributed by atoms with Crippen LogP contribution in [0.1, 0.15) is 26.1 Å². The Hall–Kier alpha value is -1.52. The lowest BCUT2D eigenvalue weighted by Gasteiger charge is -1.89. The van der Waals surface area contributed by atoms with Crippen molar-refractivity contribution in [2.75, 3.05) is 0 Å². The maximum Gasteiger partial charge on any atom is 0.321 e. The molecular formula is C9H16N2O3. The average Bonchev–Trinajstić information content (AvgIpc) is 2.36. The van der Waals surface area contributed by atoms with Crippen LogP contribution < -0.4 is 9.67 Å². The van der Waals surface area contributed by atoms with Crippen LogP contribution >= 0.6 is 0 Å². The van der Waals surface area contributed by atoms with Crippen LogP contribution in [-0.4, -0.2) is 16.1 Å². The largest absolute Gasteiger partial charge is 0.550 e. The van der Waals surface area contributed by atoms with Gasteiger partial charge in [-0.25, -0.2) is 9.55 Å². The number of aryl methyl sites for hydroxylation is 1. The van der Waals surface area contributed by atoms with Crippen LogP contribution in [0.2, 0.25) is 0 Å². The quantitative estimate of drug-likeness (QED) is 0.617. The van der Waals surface area contributed by atoms with Crippen LogP contribution in [-0.2, 0) is 18.3 Å². The van der Waals surface area contributed by atoms with Crippen LogP contribution in [0, 0.1) is 0 Å². The summed E-state index contributed by atoms with van der Waals surface area (Å²) in [6.07, 6.45) is 3.68. The van der Waals surface area contributed by atoms with Crippen LogP contribution in [0.3, 0.4) is 0 Å². The van der Waals surface area contributed by atoms with Gasteiger partial charge in [0.1, 0.15) is 0 Å². The van der Waals surface area contributed by atoms with Crippen molar-refractivity contribution in [3.63, 3.8) is 0 Å². The molecule has 5 heteroatoms. The number of aromatic amines is 1. The molecule has 0 aliphatic carbocycles. The van der Waals surface area contributed by atoms with Crippen molar-refractivity contribution in [2.24, 2.45) is 7.05 Å². The second kappa shape index (κ2) is 6.01. The molecule has 14 heavy (non-hydrogen) atoms. The van der Waals surface area contributed by atoms with Crippen molar-refractivity contribution < 1.29 is 19.6 Å². The summed E-state index contributed by atoms with van der Waals surface area (Å²) in [4.78, 5) is 11.9. The third-order valence-corrected chi connectivity index (χ3v) is 1.60. The van der Waals surface area contributed by atoms with Crippen LogP contribution in [0.15, 0.2) is 6.20 Å². The molecule has 0 radical (unpaired) electrons. The highest BCUT2D eigenvalue weighted by Gasteiger charge is 2.10. The number of H-pyrrole nitrogens is 1. The highest BCUT2D eigenvalue weighted by atomic mass is 16.4. The fraction of sp³-hybridized carbons (Fsp3) is 0.556. The number of nitrogens with one attached hydrogen (secondary N) is 1. The minimum absolute atomic E-state index is 0.295. The molecular weight excluding hydrogens is 184 g/mol. The number of aromatic nitrogens is 2. The minimum atomic E-state index is -1.08. The van der Waals surface area contributed by atoms with Gasteiger partial charge in [0.15, 0.2) is 6.20 Å². The van der Waals surface area contributed by atoms with E-state index >= 15 is 0 Å². The summed E-state index contributed by atoms with van der Waals surface area (Å²) in [5.74, 6) is 0.281. The van der Waals surface area contributed by atoms with Gasteiger partial charge in [-0.15, -0.1) is 0 Å². The average molecular weight is 200 g/mol. The van der Waals surface area contributed by atoms with Gasteiger partial charge in [0.25, 0.3) is 5.82 Å². The number of carboxylic acid groups (broad SMARTS) is 1. The number of hydrogen-bond acceptors (Lipinski definition) is 3. The summed E-state index contributed by atoms with van der Waals surface area (Å²) in [5.41, 5.74) is 0. The van der Waals surface area contributed by atoms with Crippen molar-refractivity contribution in [1.82, 2.24) is 4.98 Å². The number of carboxylic acids is 1. The Labute approximate surface area is 83.0 Å². The Morgan fingerprint density at radius 3 is 2.50 bits per heavy atom. The number of aliphatic carboxylic acids is 1. The summed E-state index contributed by atoms with van der Waals surface area (Å²) < 4.78 is 1.75. The van der Waals surface area contributed by atoms with E-state index in [1.54, 1.807) is 10.8 Å². The lowest BCUT2D eigenvalue weighted by atomic mass is 10.3. The van der Waals surface area contributed by atoms with Gasteiger partial charge in [-0.2, -0.15) is 0 Å². The third kappa shape index (κ3) is 4.49. The number of nitrogens with zero attached hydrogens (tertiary/aromatic N) is 1. The van der Waals surface area contributed by atoms with E-state index in [2.05, 4.69) is 11.9 Å². The molecule has 1 rings (SSSR count). The Morgan fingerprint density at radius 1 is 1.71 bits per heavy atom. The summed E-state index contributed by atoms with van der Waals surface area (Å²) in [5, 5.41) is 18.0. The molecule has 0 saturated carbocycles. The summed E-state index contributed by atoms with van der Waals surface area (Å²) in [6.45, 7) is 3.08. The maximum absolute atomic E-state index is 9.10. The number of aromatic hydroxyl groups is 1. The van der Waals surface area contributed by atoms with Crippen LogP contribution in [0.5, 0.6) is 5.88 Å². The smallest absolute Gasteiger partial charge is 0.321 e. The highest BCUT2D eigenvalue weighted by molar-refractivity contribution is 5.60. The second-order valence-electron chi connectivity index (χ2n) is 2.89. The van der Waals surface area contributed by atoms with Gasteiger partial charge in [-0.3, -0.25) is 0 Å². The summed E-state index contributed by atoms with van der Waals surface area (Å²) >= 11 is 0. The molecule has 0 bridgehead atoms. The van der Waals surface area contributed by atoms with Crippen molar-refractivity contribution in [2.45, 2.75) is 26.7 Å². The first-order valence-electron chi connectivity index (χ1n) is 4.41. The molecule has 0 aliphatic heterocycles. The molecule has 0 aliphatic rings. The molecule has 0 fully saturated rings. The topological polar surface area (TPSA) is 80.0 Å². The van der Waals surface area contributed by atoms with Crippen molar-refractivity contribution in [3.8, 4) is 5.88 Å².